The number of hydrogen-bond acceptors (Lipinski definition) is 7. The van der Waals surface area contributed by atoms with Crippen LogP contribution in [0.1, 0.15) is 15.9 Å². The zero-order valence-corrected chi connectivity index (χ0v) is 18.2. The second-order valence-electron chi connectivity index (χ2n) is 7.41. The number of thiophene rings is 1. The molecule has 3 aromatic carbocycles. The van der Waals surface area contributed by atoms with Crippen molar-refractivity contribution in [3.63, 3.8) is 0 Å². The lowest BCUT2D eigenvalue weighted by molar-refractivity contribution is 0.103. The number of phenolic OH excluding ortho intramolecular Hbond substituents is 2. The van der Waals surface area contributed by atoms with Gasteiger partial charge in [0, 0.05) is 32.6 Å². The first-order valence-corrected chi connectivity index (χ1v) is 10.9. The van der Waals surface area contributed by atoms with Crippen LogP contribution < -0.4 is 10.1 Å². The molecule has 32 heavy (non-hydrogen) atoms. The number of nitrogens with one attached hydrogen (secondary N) is 1. The van der Waals surface area contributed by atoms with Gasteiger partial charge >= 0.3 is 0 Å². The summed E-state index contributed by atoms with van der Waals surface area (Å²) in [5.41, 5.74) is 1.86. The Morgan fingerprint density at radius 2 is 1.69 bits per heavy atom. The smallest absolute Gasteiger partial charge is 0.195 e. The predicted molar refractivity (Wildman–Crippen MR) is 126 cm³/mol. The molecule has 0 aliphatic heterocycles. The maximum Gasteiger partial charge on any atom is 0.195 e. The summed E-state index contributed by atoms with van der Waals surface area (Å²) in [4.78, 5) is 14.3. The number of fused-ring (bicyclic) bond motifs is 1. The Morgan fingerprint density at radius 1 is 1.00 bits per heavy atom. The van der Waals surface area contributed by atoms with Crippen molar-refractivity contribution in [1.29, 1.82) is 0 Å². The Morgan fingerprint density at radius 3 is 2.38 bits per heavy atom. The first kappa shape index (κ1) is 21.8. The fourth-order valence-corrected chi connectivity index (χ4v) is 4.70. The predicted octanol–water partition coefficient (Wildman–Crippen LogP) is 4.17. The molecule has 1 atom stereocenters. The summed E-state index contributed by atoms with van der Waals surface area (Å²) in [5.74, 6) is 0.704. The molecule has 4 rings (SSSR count). The van der Waals surface area contributed by atoms with Crippen molar-refractivity contribution >= 4 is 27.2 Å². The molecule has 0 saturated heterocycles. The minimum Gasteiger partial charge on any atom is -0.508 e. The topological polar surface area (TPSA) is 99.0 Å². The van der Waals surface area contributed by atoms with Crippen LogP contribution in [-0.2, 0) is 0 Å². The Bertz CT molecular complexity index is 1230. The number of benzene rings is 3. The molecule has 0 radical (unpaired) electrons. The molecule has 7 heteroatoms. The van der Waals surface area contributed by atoms with Gasteiger partial charge in [0.25, 0.3) is 0 Å². The molecule has 164 valence electrons. The van der Waals surface area contributed by atoms with E-state index in [4.69, 9.17) is 4.74 Å². The van der Waals surface area contributed by atoms with Crippen molar-refractivity contribution in [3.05, 3.63) is 77.9 Å². The molecular weight excluding hydrogens is 426 g/mol. The molecule has 0 fully saturated rings. The van der Waals surface area contributed by atoms with Crippen LogP contribution in [0.15, 0.2) is 66.7 Å². The molecule has 6 nitrogen and oxygen atoms in total. The average molecular weight is 450 g/mol. The van der Waals surface area contributed by atoms with E-state index in [2.05, 4.69) is 5.32 Å². The van der Waals surface area contributed by atoms with Gasteiger partial charge in [-0.25, -0.2) is 0 Å². The number of rotatable bonds is 8. The Hall–Kier alpha value is -3.39. The van der Waals surface area contributed by atoms with Crippen molar-refractivity contribution in [1.82, 2.24) is 5.32 Å². The Labute approximate surface area is 189 Å². The van der Waals surface area contributed by atoms with Crippen LogP contribution in [0.4, 0.5) is 0 Å². The van der Waals surface area contributed by atoms with Gasteiger partial charge in [-0.2, -0.15) is 0 Å². The molecule has 4 aromatic rings. The van der Waals surface area contributed by atoms with E-state index in [0.717, 1.165) is 20.5 Å². The van der Waals surface area contributed by atoms with E-state index in [0.29, 0.717) is 23.4 Å². The lowest BCUT2D eigenvalue weighted by Gasteiger charge is -2.12. The Balaban J connectivity index is 1.68. The lowest BCUT2D eigenvalue weighted by atomic mass is 9.97. The molecule has 0 aliphatic rings. The van der Waals surface area contributed by atoms with Gasteiger partial charge < -0.3 is 25.4 Å². The van der Waals surface area contributed by atoms with Gasteiger partial charge in [0.05, 0.1) is 0 Å². The number of phenols is 2. The highest BCUT2D eigenvalue weighted by atomic mass is 32.1. The number of carbonyl (C=O) groups is 1. The van der Waals surface area contributed by atoms with Crippen molar-refractivity contribution in [2.75, 3.05) is 20.2 Å². The number of likely N-dealkylation sites (N-methyl/N-ethyl adjacent to an activating group) is 1. The van der Waals surface area contributed by atoms with Crippen molar-refractivity contribution in [2.24, 2.45) is 0 Å². The number of carbonyl (C=O) groups excluding carboxylic acids is 1. The van der Waals surface area contributed by atoms with E-state index in [1.807, 2.05) is 0 Å². The molecule has 0 saturated carbocycles. The van der Waals surface area contributed by atoms with Gasteiger partial charge in [-0.15, -0.1) is 11.3 Å². The molecule has 0 aliphatic carbocycles. The second kappa shape index (κ2) is 9.40. The molecule has 0 spiro atoms. The SMILES string of the molecule is CNCC(O)COc1ccc(C(=O)c2c(-c3ccc(O)cc3)sc3cc(O)ccc23)cc1. The summed E-state index contributed by atoms with van der Waals surface area (Å²) >= 11 is 1.42. The quantitative estimate of drug-likeness (QED) is 0.301. The third-order valence-electron chi connectivity index (χ3n) is 5.03. The third-order valence-corrected chi connectivity index (χ3v) is 6.23. The highest BCUT2D eigenvalue weighted by Crippen LogP contribution is 2.41. The van der Waals surface area contributed by atoms with E-state index >= 15 is 0 Å². The Kier molecular flexibility index (Phi) is 6.41. The summed E-state index contributed by atoms with van der Waals surface area (Å²) in [6, 6.07) is 18.5. The van der Waals surface area contributed by atoms with Crippen LogP contribution in [0.5, 0.6) is 17.2 Å². The number of aromatic hydroxyl groups is 2. The van der Waals surface area contributed by atoms with Crippen LogP contribution >= 0.6 is 11.3 Å². The van der Waals surface area contributed by atoms with Crippen molar-refractivity contribution < 1.29 is 24.9 Å². The van der Waals surface area contributed by atoms with Crippen LogP contribution in [0.25, 0.3) is 20.5 Å². The maximum absolute atomic E-state index is 13.5. The van der Waals surface area contributed by atoms with Crippen LogP contribution in [0, 0.1) is 0 Å². The second-order valence-corrected chi connectivity index (χ2v) is 8.46. The first-order chi connectivity index (χ1) is 15.5. The molecule has 1 heterocycles. The zero-order valence-electron chi connectivity index (χ0n) is 17.4. The third kappa shape index (κ3) is 4.60. The van der Waals surface area contributed by atoms with Gasteiger partial charge in [0.2, 0.25) is 0 Å². The molecule has 1 aromatic heterocycles. The monoisotopic (exact) mass is 449 g/mol. The van der Waals surface area contributed by atoms with Gasteiger partial charge in [0.1, 0.15) is 30.0 Å². The lowest BCUT2D eigenvalue weighted by Crippen LogP contribution is -2.29. The summed E-state index contributed by atoms with van der Waals surface area (Å²) in [6.45, 7) is 0.579. The van der Waals surface area contributed by atoms with Crippen LogP contribution in [0.2, 0.25) is 0 Å². The normalized spacial score (nSPS) is 12.1. The standard InChI is InChI=1S/C25H23NO5S/c1-26-13-19(29)14-31-20-9-4-15(5-10-20)24(30)23-21-11-8-18(28)12-22(21)32-25(23)16-2-6-17(27)7-3-16/h2-12,19,26-29H,13-14H2,1H3. The average Bonchev–Trinajstić information content (AvgIpc) is 3.16. The van der Waals surface area contributed by atoms with E-state index in [1.165, 1.54) is 11.3 Å². The summed E-state index contributed by atoms with van der Waals surface area (Å²) < 4.78 is 6.38. The van der Waals surface area contributed by atoms with Gasteiger partial charge in [-0.3, -0.25) is 4.79 Å². The highest BCUT2D eigenvalue weighted by Gasteiger charge is 2.22. The number of hydrogen-bond donors (Lipinski definition) is 4. The van der Waals surface area contributed by atoms with Crippen molar-refractivity contribution in [3.8, 4) is 27.7 Å². The summed E-state index contributed by atoms with van der Waals surface area (Å²) in [6.07, 6.45) is -0.622. The number of ketones is 1. The molecule has 0 bridgehead atoms. The van der Waals surface area contributed by atoms with Crippen LogP contribution in [0.3, 0.4) is 0 Å². The van der Waals surface area contributed by atoms with E-state index < -0.39 is 6.10 Å². The number of ether oxygens (including phenoxy) is 1. The highest BCUT2D eigenvalue weighted by molar-refractivity contribution is 7.22. The fraction of sp³-hybridized carbons (Fsp3) is 0.160. The van der Waals surface area contributed by atoms with E-state index in [1.54, 1.807) is 73.8 Å². The van der Waals surface area contributed by atoms with E-state index in [9.17, 15) is 20.1 Å². The maximum atomic E-state index is 13.5. The fourth-order valence-electron chi connectivity index (χ4n) is 3.46. The van der Waals surface area contributed by atoms with Crippen molar-refractivity contribution in [2.45, 2.75) is 6.10 Å². The molecule has 1 unspecified atom stereocenters. The minimum atomic E-state index is -0.622. The minimum absolute atomic E-state index is 0.136. The van der Waals surface area contributed by atoms with Gasteiger partial charge in [0.15, 0.2) is 5.78 Å². The summed E-state index contributed by atoms with van der Waals surface area (Å²) in [7, 11) is 1.76. The first-order valence-electron chi connectivity index (χ1n) is 10.1. The van der Waals surface area contributed by atoms with Gasteiger partial charge in [-0.1, -0.05) is 0 Å². The summed E-state index contributed by atoms with van der Waals surface area (Å²) in [5, 5.41) is 33.0. The number of aliphatic hydroxyl groups is 1. The van der Waals surface area contributed by atoms with E-state index in [-0.39, 0.29) is 23.9 Å². The molecule has 0 amide bonds. The molecule has 4 N–H and O–H groups in total. The number of aliphatic hydroxyl groups excluding tert-OH is 1. The van der Waals surface area contributed by atoms with Gasteiger partial charge in [-0.05, 0) is 79.3 Å². The zero-order chi connectivity index (χ0) is 22.7. The largest absolute Gasteiger partial charge is 0.508 e. The molecular formula is C25H23NO5S. The van der Waals surface area contributed by atoms with Crippen LogP contribution in [-0.4, -0.2) is 47.4 Å².